The van der Waals surface area contributed by atoms with E-state index in [-0.39, 0.29) is 0 Å². The zero-order valence-electron chi connectivity index (χ0n) is 13.7. The monoisotopic (exact) mass is 344 g/mol. The number of benzene rings is 1. The Balaban J connectivity index is 2.13. The number of rotatable bonds is 3. The van der Waals surface area contributed by atoms with Gasteiger partial charge in [0.2, 0.25) is 11.0 Å². The molecule has 0 amide bonds. The molecule has 24 heavy (non-hydrogen) atoms. The Labute approximate surface area is 141 Å². The van der Waals surface area contributed by atoms with Crippen LogP contribution in [0.25, 0.3) is 16.4 Å². The maximum absolute atomic E-state index is 11.9. The molecule has 2 heterocycles. The van der Waals surface area contributed by atoms with Gasteiger partial charge in [-0.15, -0.1) is 16.4 Å². The SMILES string of the molecule is Cc1cc(C)c(C)c(-c2csc(-n3nc(C(=O)O)[nH]c3=O)n2)c1C. The molecule has 0 bridgehead atoms. The Morgan fingerprint density at radius 3 is 2.38 bits per heavy atom. The summed E-state index contributed by atoms with van der Waals surface area (Å²) in [4.78, 5) is 29.5. The van der Waals surface area contributed by atoms with Crippen molar-refractivity contribution in [1.29, 1.82) is 0 Å². The first-order valence-electron chi connectivity index (χ1n) is 7.26. The number of aromatic nitrogens is 4. The summed E-state index contributed by atoms with van der Waals surface area (Å²) in [6.45, 7) is 8.19. The van der Waals surface area contributed by atoms with E-state index < -0.39 is 17.5 Å². The van der Waals surface area contributed by atoms with Crippen LogP contribution in [0.2, 0.25) is 0 Å². The number of carboxylic acids is 1. The lowest BCUT2D eigenvalue weighted by atomic mass is 9.93. The van der Waals surface area contributed by atoms with Crippen molar-refractivity contribution in [2.24, 2.45) is 0 Å². The molecule has 1 aromatic carbocycles. The summed E-state index contributed by atoms with van der Waals surface area (Å²) in [7, 11) is 0. The van der Waals surface area contributed by atoms with Crippen molar-refractivity contribution in [2.75, 3.05) is 0 Å². The van der Waals surface area contributed by atoms with Crippen molar-refractivity contribution in [3.05, 3.63) is 50.0 Å². The Hall–Kier alpha value is -2.74. The molecule has 0 saturated heterocycles. The van der Waals surface area contributed by atoms with Crippen molar-refractivity contribution in [2.45, 2.75) is 27.7 Å². The summed E-state index contributed by atoms with van der Waals surface area (Å²) in [6.07, 6.45) is 0. The highest BCUT2D eigenvalue weighted by Crippen LogP contribution is 2.32. The molecular weight excluding hydrogens is 328 g/mol. The Morgan fingerprint density at radius 2 is 1.83 bits per heavy atom. The fourth-order valence-corrected chi connectivity index (χ4v) is 3.39. The number of carbonyl (C=O) groups is 1. The standard InChI is InChI=1S/C16H16N4O3S/c1-7-5-8(2)10(4)12(9(7)3)11-6-24-16(17-11)20-15(23)18-13(19-20)14(21)22/h5-6H,1-4H3,(H,21,22)(H,18,19,23). The second kappa shape index (κ2) is 5.72. The number of aromatic carboxylic acids is 1. The number of nitrogens with one attached hydrogen (secondary N) is 1. The molecule has 0 saturated carbocycles. The van der Waals surface area contributed by atoms with Crippen molar-refractivity contribution >= 4 is 17.3 Å². The highest BCUT2D eigenvalue weighted by atomic mass is 32.1. The number of H-pyrrole nitrogens is 1. The maximum atomic E-state index is 11.9. The summed E-state index contributed by atoms with van der Waals surface area (Å²) >= 11 is 1.24. The van der Waals surface area contributed by atoms with E-state index in [1.54, 1.807) is 0 Å². The van der Waals surface area contributed by atoms with Gasteiger partial charge >= 0.3 is 11.7 Å². The summed E-state index contributed by atoms with van der Waals surface area (Å²) in [5.74, 6) is -1.70. The summed E-state index contributed by atoms with van der Waals surface area (Å²) in [6, 6.07) is 2.14. The van der Waals surface area contributed by atoms with Crippen molar-refractivity contribution in [1.82, 2.24) is 19.7 Å². The van der Waals surface area contributed by atoms with Crippen molar-refractivity contribution in [3.8, 4) is 16.4 Å². The zero-order valence-corrected chi connectivity index (χ0v) is 14.5. The van der Waals surface area contributed by atoms with Crippen LogP contribution < -0.4 is 5.69 Å². The third-order valence-electron chi connectivity index (χ3n) is 4.12. The van der Waals surface area contributed by atoms with Crippen molar-refractivity contribution in [3.63, 3.8) is 0 Å². The normalized spacial score (nSPS) is 11.0. The third-order valence-corrected chi connectivity index (χ3v) is 4.93. The van der Waals surface area contributed by atoms with E-state index in [2.05, 4.69) is 35.0 Å². The van der Waals surface area contributed by atoms with Crippen LogP contribution in [0, 0.1) is 27.7 Å². The van der Waals surface area contributed by atoms with E-state index in [0.717, 1.165) is 27.1 Å². The largest absolute Gasteiger partial charge is 0.475 e. The molecule has 8 heteroatoms. The molecule has 0 fully saturated rings. The zero-order chi connectivity index (χ0) is 17.6. The molecule has 2 N–H and O–H groups in total. The van der Waals surface area contributed by atoms with Gasteiger partial charge in [0.05, 0.1) is 5.69 Å². The average Bonchev–Trinajstić information content (AvgIpc) is 3.12. The Morgan fingerprint density at radius 1 is 1.21 bits per heavy atom. The lowest BCUT2D eigenvalue weighted by Crippen LogP contribution is -2.15. The van der Waals surface area contributed by atoms with E-state index >= 15 is 0 Å². The van der Waals surface area contributed by atoms with Crippen LogP contribution in [0.5, 0.6) is 0 Å². The molecule has 0 radical (unpaired) electrons. The molecule has 3 rings (SSSR count). The van der Waals surface area contributed by atoms with Gasteiger partial charge in [0.1, 0.15) is 0 Å². The predicted molar refractivity (Wildman–Crippen MR) is 91.2 cm³/mol. The average molecular weight is 344 g/mol. The first kappa shape index (κ1) is 16.1. The molecule has 0 atom stereocenters. The second-order valence-corrected chi connectivity index (χ2v) is 6.48. The van der Waals surface area contributed by atoms with E-state index in [1.807, 2.05) is 19.2 Å². The highest BCUT2D eigenvalue weighted by molar-refractivity contribution is 7.12. The lowest BCUT2D eigenvalue weighted by molar-refractivity contribution is 0.0683. The van der Waals surface area contributed by atoms with Crippen LogP contribution in [-0.2, 0) is 0 Å². The van der Waals surface area contributed by atoms with Crippen LogP contribution in [-0.4, -0.2) is 30.8 Å². The lowest BCUT2D eigenvalue weighted by Gasteiger charge is -2.13. The molecule has 7 nitrogen and oxygen atoms in total. The minimum absolute atomic E-state index is 0.330. The van der Waals surface area contributed by atoms with Crippen molar-refractivity contribution < 1.29 is 9.90 Å². The van der Waals surface area contributed by atoms with E-state index in [1.165, 1.54) is 22.5 Å². The minimum Gasteiger partial charge on any atom is -0.475 e. The summed E-state index contributed by atoms with van der Waals surface area (Å²) in [5.41, 5.74) is 5.79. The second-order valence-electron chi connectivity index (χ2n) is 5.65. The molecule has 0 spiro atoms. The van der Waals surface area contributed by atoms with Gasteiger partial charge in [-0.3, -0.25) is 4.98 Å². The molecule has 124 valence electrons. The first-order valence-corrected chi connectivity index (χ1v) is 8.14. The number of hydrogen-bond acceptors (Lipinski definition) is 5. The van der Waals surface area contributed by atoms with Gasteiger partial charge in [-0.1, -0.05) is 6.07 Å². The molecule has 0 aliphatic rings. The molecule has 0 aliphatic carbocycles. The Kier molecular flexibility index (Phi) is 3.84. The number of aromatic amines is 1. The van der Waals surface area contributed by atoms with Gasteiger partial charge < -0.3 is 5.11 Å². The number of carboxylic acid groups (broad SMARTS) is 1. The number of nitrogens with zero attached hydrogens (tertiary/aromatic N) is 3. The third kappa shape index (κ3) is 2.54. The molecule has 0 aliphatic heterocycles. The smallest absolute Gasteiger partial charge is 0.373 e. The van der Waals surface area contributed by atoms with E-state index in [9.17, 15) is 9.59 Å². The van der Waals surface area contributed by atoms with E-state index in [0.29, 0.717) is 5.13 Å². The minimum atomic E-state index is -1.29. The maximum Gasteiger partial charge on any atom is 0.373 e. The quantitative estimate of drug-likeness (QED) is 0.760. The van der Waals surface area contributed by atoms with Crippen LogP contribution >= 0.6 is 11.3 Å². The number of aryl methyl sites for hydroxylation is 2. The highest BCUT2D eigenvalue weighted by Gasteiger charge is 2.18. The van der Waals surface area contributed by atoms with Gasteiger partial charge in [-0.25, -0.2) is 14.6 Å². The number of hydrogen-bond donors (Lipinski definition) is 2. The Bertz CT molecular complexity index is 987. The van der Waals surface area contributed by atoms with Gasteiger partial charge in [0.15, 0.2) is 0 Å². The summed E-state index contributed by atoms with van der Waals surface area (Å²) in [5, 5.41) is 14.9. The van der Waals surface area contributed by atoms with Gasteiger partial charge in [0, 0.05) is 10.9 Å². The van der Waals surface area contributed by atoms with E-state index in [4.69, 9.17) is 5.11 Å². The van der Waals surface area contributed by atoms with Gasteiger partial charge in [-0.05, 0) is 49.9 Å². The van der Waals surface area contributed by atoms with Crippen LogP contribution in [0.3, 0.4) is 0 Å². The fraction of sp³-hybridized carbons (Fsp3) is 0.250. The first-order chi connectivity index (χ1) is 11.3. The summed E-state index contributed by atoms with van der Waals surface area (Å²) < 4.78 is 0.977. The molecule has 2 aromatic heterocycles. The van der Waals surface area contributed by atoms with Gasteiger partial charge in [-0.2, -0.15) is 4.68 Å². The van der Waals surface area contributed by atoms with Crippen LogP contribution in [0.1, 0.15) is 32.9 Å². The number of thiazole rings is 1. The molecule has 0 unspecified atom stereocenters. The van der Waals surface area contributed by atoms with Crippen LogP contribution in [0.15, 0.2) is 16.2 Å². The van der Waals surface area contributed by atoms with Crippen LogP contribution in [0.4, 0.5) is 0 Å². The topological polar surface area (TPSA) is 101 Å². The molecular formula is C16H16N4O3S. The van der Waals surface area contributed by atoms with Gasteiger partial charge in [0.25, 0.3) is 0 Å². The predicted octanol–water partition coefficient (Wildman–Crippen LogP) is 2.62. The fourth-order valence-electron chi connectivity index (χ4n) is 2.63. The molecule has 3 aromatic rings.